The van der Waals surface area contributed by atoms with Crippen LogP contribution in [-0.4, -0.2) is 55.5 Å². The summed E-state index contributed by atoms with van der Waals surface area (Å²) in [7, 11) is -1.67. The molecule has 0 saturated carbocycles. The van der Waals surface area contributed by atoms with Crippen LogP contribution in [-0.2, 0) is 16.4 Å². The number of likely N-dealkylation sites (N-methyl/N-ethyl adjacent to an activating group) is 1. The number of amidine groups is 1. The minimum Gasteiger partial charge on any atom is -0.355 e. The Bertz CT molecular complexity index is 967. The minimum absolute atomic E-state index is 0. The van der Waals surface area contributed by atoms with Gasteiger partial charge in [-0.2, -0.15) is 13.4 Å². The molecule has 2 aromatic rings. The fourth-order valence-corrected chi connectivity index (χ4v) is 4.77. The summed E-state index contributed by atoms with van der Waals surface area (Å²) < 4.78 is 34.0. The highest BCUT2D eigenvalue weighted by atomic mass is 35.5. The number of benzene rings is 1. The topological polar surface area (TPSA) is 101 Å². The molecule has 1 unspecified atom stereocenters. The van der Waals surface area contributed by atoms with Crippen LogP contribution in [0, 0.1) is 0 Å². The van der Waals surface area contributed by atoms with Crippen LogP contribution >= 0.6 is 12.4 Å². The Hall–Kier alpha value is -1.97. The fourth-order valence-electron chi connectivity index (χ4n) is 3.55. The zero-order valence-corrected chi connectivity index (χ0v) is 17.5. The molecule has 1 aromatic carbocycles. The molecule has 3 heterocycles. The highest BCUT2D eigenvalue weighted by Gasteiger charge is 2.34. The SMILES string of the molecule is CNC(C)Cc1noc(C2CCN(C3=NS(=O)(=O)c4ccccc43)CC2)n1.Cl. The van der Waals surface area contributed by atoms with E-state index in [0.29, 0.717) is 41.3 Å². The van der Waals surface area contributed by atoms with Gasteiger partial charge in [-0.05, 0) is 38.9 Å². The van der Waals surface area contributed by atoms with Gasteiger partial charge in [-0.15, -0.1) is 16.8 Å². The van der Waals surface area contributed by atoms with Crippen molar-refractivity contribution in [3.63, 3.8) is 0 Å². The molecule has 152 valence electrons. The van der Waals surface area contributed by atoms with Crippen LogP contribution in [0.4, 0.5) is 0 Å². The number of piperidine rings is 1. The molecule has 4 rings (SSSR count). The maximum atomic E-state index is 12.3. The van der Waals surface area contributed by atoms with Gasteiger partial charge in [0, 0.05) is 37.0 Å². The maximum absolute atomic E-state index is 12.3. The number of sulfonamides is 1. The molecule has 0 spiro atoms. The average molecular weight is 426 g/mol. The molecule has 28 heavy (non-hydrogen) atoms. The van der Waals surface area contributed by atoms with E-state index in [9.17, 15) is 8.42 Å². The van der Waals surface area contributed by atoms with E-state index in [1.165, 1.54) is 0 Å². The number of likely N-dealkylation sites (tertiary alicyclic amines) is 1. The maximum Gasteiger partial charge on any atom is 0.285 e. The number of rotatable bonds is 4. The van der Waals surface area contributed by atoms with Crippen LogP contribution in [0.2, 0.25) is 0 Å². The van der Waals surface area contributed by atoms with Crippen molar-refractivity contribution in [3.8, 4) is 0 Å². The Morgan fingerprint density at radius 3 is 2.71 bits per heavy atom. The standard InChI is InChI=1S/C18H23N5O3S.ClH/c1-12(19-2)11-16-20-18(26-21-16)13-7-9-23(10-8-13)17-14-5-3-4-6-15(14)27(24,25)22-17;/h3-6,12-13,19H,7-11H2,1-2H3;1H. The van der Waals surface area contributed by atoms with Gasteiger partial charge in [-0.3, -0.25) is 0 Å². The van der Waals surface area contributed by atoms with Gasteiger partial charge in [0.15, 0.2) is 11.7 Å². The van der Waals surface area contributed by atoms with Crippen molar-refractivity contribution < 1.29 is 12.9 Å². The van der Waals surface area contributed by atoms with E-state index >= 15 is 0 Å². The number of hydrogen-bond donors (Lipinski definition) is 1. The van der Waals surface area contributed by atoms with E-state index < -0.39 is 10.0 Å². The molecule has 8 nitrogen and oxygen atoms in total. The monoisotopic (exact) mass is 425 g/mol. The van der Waals surface area contributed by atoms with Crippen LogP contribution in [0.15, 0.2) is 38.1 Å². The summed E-state index contributed by atoms with van der Waals surface area (Å²) in [5.74, 6) is 2.14. The first-order chi connectivity index (χ1) is 13.0. The Labute approximate surface area is 170 Å². The average Bonchev–Trinajstić information content (AvgIpc) is 3.25. The normalized spacial score (nSPS) is 19.6. The summed E-state index contributed by atoms with van der Waals surface area (Å²) in [5, 5.41) is 7.25. The number of halogens is 1. The van der Waals surface area contributed by atoms with Gasteiger partial charge in [0.25, 0.3) is 10.0 Å². The first-order valence-electron chi connectivity index (χ1n) is 9.17. The molecule has 0 bridgehead atoms. The molecular formula is C18H24ClN5O3S. The second kappa shape index (κ2) is 8.18. The molecule has 1 N–H and O–H groups in total. The number of hydrogen-bond acceptors (Lipinski definition) is 7. The lowest BCUT2D eigenvalue weighted by atomic mass is 9.96. The highest BCUT2D eigenvalue weighted by Crippen LogP contribution is 2.32. The predicted octanol–water partition coefficient (Wildman–Crippen LogP) is 1.97. The number of nitrogens with zero attached hydrogens (tertiary/aromatic N) is 4. The van der Waals surface area contributed by atoms with Gasteiger partial charge in [0.1, 0.15) is 4.90 Å². The van der Waals surface area contributed by atoms with E-state index in [-0.39, 0.29) is 18.3 Å². The first kappa shape index (κ1) is 20.8. The molecular weight excluding hydrogens is 402 g/mol. The van der Waals surface area contributed by atoms with Crippen LogP contribution in [0.25, 0.3) is 0 Å². The fraction of sp³-hybridized carbons (Fsp3) is 0.500. The second-order valence-corrected chi connectivity index (χ2v) is 8.66. The summed E-state index contributed by atoms with van der Waals surface area (Å²) >= 11 is 0. The van der Waals surface area contributed by atoms with Crippen LogP contribution in [0.5, 0.6) is 0 Å². The zero-order valence-electron chi connectivity index (χ0n) is 15.8. The Morgan fingerprint density at radius 2 is 2.00 bits per heavy atom. The van der Waals surface area contributed by atoms with Crippen molar-refractivity contribution in [3.05, 3.63) is 41.5 Å². The first-order valence-corrected chi connectivity index (χ1v) is 10.6. The van der Waals surface area contributed by atoms with E-state index in [1.807, 2.05) is 24.1 Å². The summed E-state index contributed by atoms with van der Waals surface area (Å²) in [6.07, 6.45) is 2.37. The molecule has 0 amide bonds. The third-order valence-electron chi connectivity index (χ3n) is 5.22. The molecule has 10 heteroatoms. The molecule has 1 atom stereocenters. The zero-order chi connectivity index (χ0) is 19.0. The lowest BCUT2D eigenvalue weighted by Crippen LogP contribution is -2.38. The van der Waals surface area contributed by atoms with Crippen molar-refractivity contribution in [2.45, 2.75) is 43.0 Å². The predicted molar refractivity (Wildman–Crippen MR) is 107 cm³/mol. The van der Waals surface area contributed by atoms with Crippen molar-refractivity contribution in [2.75, 3.05) is 20.1 Å². The largest absolute Gasteiger partial charge is 0.355 e. The van der Waals surface area contributed by atoms with Crippen molar-refractivity contribution in [1.29, 1.82) is 0 Å². The summed E-state index contributed by atoms with van der Waals surface area (Å²) in [4.78, 5) is 6.88. The third kappa shape index (κ3) is 3.92. The summed E-state index contributed by atoms with van der Waals surface area (Å²) in [5.41, 5.74) is 0.692. The lowest BCUT2D eigenvalue weighted by molar-refractivity contribution is 0.265. The van der Waals surface area contributed by atoms with Gasteiger partial charge in [-0.25, -0.2) is 0 Å². The number of fused-ring (bicyclic) bond motifs is 1. The molecule has 1 fully saturated rings. The Morgan fingerprint density at radius 1 is 1.29 bits per heavy atom. The van der Waals surface area contributed by atoms with Gasteiger partial charge >= 0.3 is 0 Å². The second-order valence-electron chi connectivity index (χ2n) is 7.09. The lowest BCUT2D eigenvalue weighted by Gasteiger charge is -2.31. The summed E-state index contributed by atoms with van der Waals surface area (Å²) in [6.45, 7) is 3.48. The molecule has 0 aliphatic carbocycles. The van der Waals surface area contributed by atoms with Crippen LogP contribution in [0.1, 0.15) is 43.0 Å². The molecule has 2 aliphatic heterocycles. The Balaban J connectivity index is 0.00000225. The number of aromatic nitrogens is 2. The quantitative estimate of drug-likeness (QED) is 0.799. The van der Waals surface area contributed by atoms with E-state index in [2.05, 4.69) is 26.8 Å². The molecule has 1 aromatic heterocycles. The van der Waals surface area contributed by atoms with Crippen molar-refractivity contribution in [2.24, 2.45) is 4.40 Å². The van der Waals surface area contributed by atoms with Crippen LogP contribution in [0.3, 0.4) is 0 Å². The van der Waals surface area contributed by atoms with Gasteiger partial charge < -0.3 is 14.7 Å². The Kier molecular flexibility index (Phi) is 6.07. The summed E-state index contributed by atoms with van der Waals surface area (Å²) in [6, 6.07) is 7.29. The van der Waals surface area contributed by atoms with E-state index in [4.69, 9.17) is 4.52 Å². The number of nitrogens with one attached hydrogen (secondary N) is 1. The molecule has 0 radical (unpaired) electrons. The molecule has 2 aliphatic rings. The third-order valence-corrected chi connectivity index (χ3v) is 6.55. The van der Waals surface area contributed by atoms with E-state index in [0.717, 1.165) is 25.1 Å². The highest BCUT2D eigenvalue weighted by molar-refractivity contribution is 7.90. The smallest absolute Gasteiger partial charge is 0.285 e. The van der Waals surface area contributed by atoms with E-state index in [1.54, 1.807) is 12.1 Å². The van der Waals surface area contributed by atoms with Gasteiger partial charge in [0.05, 0.1) is 0 Å². The molecule has 1 saturated heterocycles. The van der Waals surface area contributed by atoms with Gasteiger partial charge in [-0.1, -0.05) is 17.3 Å². The van der Waals surface area contributed by atoms with Crippen LogP contribution < -0.4 is 5.32 Å². The minimum atomic E-state index is -3.58. The van der Waals surface area contributed by atoms with Gasteiger partial charge in [0.2, 0.25) is 5.89 Å². The van der Waals surface area contributed by atoms with Crippen molar-refractivity contribution in [1.82, 2.24) is 20.4 Å². The van der Waals surface area contributed by atoms with Crippen molar-refractivity contribution >= 4 is 28.3 Å².